The van der Waals surface area contributed by atoms with Crippen molar-refractivity contribution in [2.75, 3.05) is 18.0 Å². The van der Waals surface area contributed by atoms with E-state index in [9.17, 15) is 18.0 Å². The Hall–Kier alpha value is -1.79. The molecule has 0 spiro atoms. The van der Waals surface area contributed by atoms with Crippen molar-refractivity contribution in [3.8, 4) is 0 Å². The van der Waals surface area contributed by atoms with Gasteiger partial charge in [0.15, 0.2) is 0 Å². The van der Waals surface area contributed by atoms with Crippen molar-refractivity contribution in [2.24, 2.45) is 5.92 Å². The maximum absolute atomic E-state index is 12.4. The highest BCUT2D eigenvalue weighted by atomic mass is 19.4. The van der Waals surface area contributed by atoms with Gasteiger partial charge in [-0.15, -0.1) is 0 Å². The first-order valence-corrected chi connectivity index (χ1v) is 6.36. The third-order valence-corrected chi connectivity index (χ3v) is 3.45. The summed E-state index contributed by atoms with van der Waals surface area (Å²) in [7, 11) is 0. The molecule has 1 aliphatic rings. The number of carboxylic acid groups (broad SMARTS) is 1. The lowest BCUT2D eigenvalue weighted by Gasteiger charge is -2.18. The fraction of sp³-hybridized carbons (Fsp3) is 0.538. The fourth-order valence-corrected chi connectivity index (χ4v) is 2.34. The van der Waals surface area contributed by atoms with Gasteiger partial charge < -0.3 is 10.0 Å². The highest BCUT2D eigenvalue weighted by Gasteiger charge is 2.31. The van der Waals surface area contributed by atoms with E-state index in [1.807, 2.05) is 4.90 Å². The van der Waals surface area contributed by atoms with Gasteiger partial charge in [-0.1, -0.05) is 0 Å². The van der Waals surface area contributed by atoms with Crippen LogP contribution in [-0.2, 0) is 11.0 Å². The summed E-state index contributed by atoms with van der Waals surface area (Å²) in [4.78, 5) is 16.2. The van der Waals surface area contributed by atoms with E-state index in [-0.39, 0.29) is 12.3 Å². The average Bonchev–Trinajstić information content (AvgIpc) is 2.84. The number of carboxylic acids is 1. The number of aliphatic carboxylic acids is 1. The molecule has 0 radical (unpaired) electrons. The maximum atomic E-state index is 12.4. The van der Waals surface area contributed by atoms with Gasteiger partial charge in [-0.2, -0.15) is 13.2 Å². The molecule has 2 rings (SSSR count). The van der Waals surface area contributed by atoms with Crippen LogP contribution in [0.5, 0.6) is 0 Å². The van der Waals surface area contributed by atoms with Crippen LogP contribution in [0.3, 0.4) is 0 Å². The van der Waals surface area contributed by atoms with E-state index in [4.69, 9.17) is 5.11 Å². The normalized spacial score (nSPS) is 19.4. The summed E-state index contributed by atoms with van der Waals surface area (Å²) in [5, 5.41) is 8.63. The SMILES string of the molecule is O=C(O)CCC1CCN(c2ccc(C(F)(F)F)cn2)C1. The second kappa shape index (κ2) is 5.68. The highest BCUT2D eigenvalue weighted by molar-refractivity contribution is 5.66. The van der Waals surface area contributed by atoms with E-state index in [1.165, 1.54) is 6.07 Å². The van der Waals surface area contributed by atoms with Gasteiger partial charge in [0.1, 0.15) is 5.82 Å². The molecule has 1 saturated heterocycles. The van der Waals surface area contributed by atoms with Gasteiger partial charge in [0.25, 0.3) is 0 Å². The Labute approximate surface area is 114 Å². The lowest BCUT2D eigenvalue weighted by molar-refractivity contribution is -0.138. The molecule has 1 aromatic rings. The van der Waals surface area contributed by atoms with Gasteiger partial charge in [0.2, 0.25) is 0 Å². The third-order valence-electron chi connectivity index (χ3n) is 3.45. The van der Waals surface area contributed by atoms with Crippen molar-refractivity contribution in [1.82, 2.24) is 4.98 Å². The van der Waals surface area contributed by atoms with Gasteiger partial charge in [0, 0.05) is 25.7 Å². The molecular weight excluding hydrogens is 273 g/mol. The predicted molar refractivity (Wildman–Crippen MR) is 66.4 cm³/mol. The number of halogens is 3. The number of hydrogen-bond acceptors (Lipinski definition) is 3. The minimum absolute atomic E-state index is 0.124. The molecule has 7 heteroatoms. The Morgan fingerprint density at radius 1 is 1.45 bits per heavy atom. The zero-order valence-corrected chi connectivity index (χ0v) is 10.7. The van der Waals surface area contributed by atoms with Crippen LogP contribution in [0.25, 0.3) is 0 Å². The van der Waals surface area contributed by atoms with Crippen molar-refractivity contribution in [3.05, 3.63) is 23.9 Å². The van der Waals surface area contributed by atoms with E-state index in [1.54, 1.807) is 0 Å². The topological polar surface area (TPSA) is 53.4 Å². The molecule has 1 N–H and O–H groups in total. The summed E-state index contributed by atoms with van der Waals surface area (Å²) in [5.74, 6) is -0.0536. The number of hydrogen-bond donors (Lipinski definition) is 1. The molecule has 1 atom stereocenters. The first-order valence-electron chi connectivity index (χ1n) is 6.36. The van der Waals surface area contributed by atoms with Crippen LogP contribution < -0.4 is 4.90 Å². The van der Waals surface area contributed by atoms with Crippen molar-refractivity contribution < 1.29 is 23.1 Å². The molecule has 1 unspecified atom stereocenters. The molecule has 1 fully saturated rings. The van der Waals surface area contributed by atoms with Gasteiger partial charge in [-0.05, 0) is 30.9 Å². The van der Waals surface area contributed by atoms with Crippen molar-refractivity contribution >= 4 is 11.8 Å². The monoisotopic (exact) mass is 288 g/mol. The summed E-state index contributed by atoms with van der Waals surface area (Å²) in [5.41, 5.74) is -0.761. The Morgan fingerprint density at radius 3 is 2.75 bits per heavy atom. The Bertz CT molecular complexity index is 473. The molecule has 0 amide bonds. The van der Waals surface area contributed by atoms with E-state index in [0.717, 1.165) is 18.7 Å². The summed E-state index contributed by atoms with van der Waals surface area (Å²) < 4.78 is 37.3. The Balaban J connectivity index is 1.95. The Morgan fingerprint density at radius 2 is 2.20 bits per heavy atom. The van der Waals surface area contributed by atoms with Crippen molar-refractivity contribution in [3.63, 3.8) is 0 Å². The van der Waals surface area contributed by atoms with Crippen LogP contribution in [0.1, 0.15) is 24.8 Å². The van der Waals surface area contributed by atoms with Crippen LogP contribution >= 0.6 is 0 Å². The van der Waals surface area contributed by atoms with Crippen LogP contribution in [0.4, 0.5) is 19.0 Å². The Kier molecular flexibility index (Phi) is 4.15. The molecule has 1 aromatic heterocycles. The smallest absolute Gasteiger partial charge is 0.417 e. The van der Waals surface area contributed by atoms with Crippen LogP contribution in [-0.4, -0.2) is 29.1 Å². The number of rotatable bonds is 4. The lowest BCUT2D eigenvalue weighted by Crippen LogP contribution is -2.21. The van der Waals surface area contributed by atoms with Gasteiger partial charge in [-0.3, -0.25) is 4.79 Å². The van der Waals surface area contributed by atoms with Crippen LogP contribution in [0, 0.1) is 5.92 Å². The van der Waals surface area contributed by atoms with E-state index < -0.39 is 17.7 Å². The molecule has 4 nitrogen and oxygen atoms in total. The van der Waals surface area contributed by atoms with Crippen molar-refractivity contribution in [1.29, 1.82) is 0 Å². The molecule has 0 aliphatic carbocycles. The second-order valence-corrected chi connectivity index (χ2v) is 4.94. The van der Waals surface area contributed by atoms with Crippen LogP contribution in [0.15, 0.2) is 18.3 Å². The molecule has 1 aliphatic heterocycles. The summed E-state index contributed by atoms with van der Waals surface area (Å²) >= 11 is 0. The maximum Gasteiger partial charge on any atom is 0.417 e. The van der Waals surface area contributed by atoms with Gasteiger partial charge >= 0.3 is 12.1 Å². The molecular formula is C13H15F3N2O2. The first kappa shape index (κ1) is 14.6. The van der Waals surface area contributed by atoms with Crippen LogP contribution in [0.2, 0.25) is 0 Å². The van der Waals surface area contributed by atoms with E-state index in [2.05, 4.69) is 4.98 Å². The zero-order valence-electron chi connectivity index (χ0n) is 10.7. The van der Waals surface area contributed by atoms with E-state index in [0.29, 0.717) is 25.3 Å². The fourth-order valence-electron chi connectivity index (χ4n) is 2.34. The molecule has 0 bridgehead atoms. The van der Waals surface area contributed by atoms with Crippen molar-refractivity contribution in [2.45, 2.75) is 25.4 Å². The summed E-state index contributed by atoms with van der Waals surface area (Å²) in [6.07, 6.45) is -1.98. The summed E-state index contributed by atoms with van der Waals surface area (Å²) in [6.45, 7) is 1.34. The standard InChI is InChI=1S/C13H15F3N2O2/c14-13(15,16)10-2-3-11(17-7-10)18-6-5-9(8-18)1-4-12(19)20/h2-3,7,9H,1,4-6,8H2,(H,19,20). The molecule has 2 heterocycles. The predicted octanol–water partition coefficient (Wildman–Crippen LogP) is 2.79. The third kappa shape index (κ3) is 3.61. The largest absolute Gasteiger partial charge is 0.481 e. The average molecular weight is 288 g/mol. The number of pyridine rings is 1. The minimum Gasteiger partial charge on any atom is -0.481 e. The zero-order chi connectivity index (χ0) is 14.8. The first-order chi connectivity index (χ1) is 9.36. The number of carbonyl (C=O) groups is 1. The van der Waals surface area contributed by atoms with Gasteiger partial charge in [0.05, 0.1) is 5.56 Å². The van der Waals surface area contributed by atoms with E-state index >= 15 is 0 Å². The molecule has 20 heavy (non-hydrogen) atoms. The lowest BCUT2D eigenvalue weighted by atomic mass is 10.0. The number of nitrogens with zero attached hydrogens (tertiary/aromatic N) is 2. The molecule has 0 saturated carbocycles. The number of alkyl halides is 3. The molecule has 0 aromatic carbocycles. The number of anilines is 1. The summed E-state index contributed by atoms with van der Waals surface area (Å²) in [6, 6.07) is 2.38. The quantitative estimate of drug-likeness (QED) is 0.925. The minimum atomic E-state index is -4.37. The number of aromatic nitrogens is 1. The highest BCUT2D eigenvalue weighted by Crippen LogP contribution is 2.30. The molecule has 110 valence electrons. The van der Waals surface area contributed by atoms with Gasteiger partial charge in [-0.25, -0.2) is 4.98 Å². The second-order valence-electron chi connectivity index (χ2n) is 4.94.